The molecule has 0 heterocycles. The summed E-state index contributed by atoms with van der Waals surface area (Å²) >= 11 is 0. The summed E-state index contributed by atoms with van der Waals surface area (Å²) in [5.74, 6) is 0.729. The van der Waals surface area contributed by atoms with E-state index >= 15 is 0 Å². The molecule has 0 atom stereocenters. The lowest BCUT2D eigenvalue weighted by Crippen LogP contribution is -2.26. The second-order valence-corrected chi connectivity index (χ2v) is 6.15. The molecule has 0 unspecified atom stereocenters. The molecule has 2 aromatic carbocycles. The number of benzene rings is 2. The van der Waals surface area contributed by atoms with Crippen molar-refractivity contribution in [3.8, 4) is 5.75 Å². The molecule has 0 aliphatic carbocycles. The summed E-state index contributed by atoms with van der Waals surface area (Å²) in [5, 5.41) is 3.41. The van der Waals surface area contributed by atoms with Gasteiger partial charge in [-0.25, -0.2) is 0 Å². The van der Waals surface area contributed by atoms with Crippen molar-refractivity contribution in [2.75, 3.05) is 34.3 Å². The van der Waals surface area contributed by atoms with Crippen LogP contribution < -0.4 is 10.1 Å². The highest BCUT2D eigenvalue weighted by Gasteiger charge is 2.02. The van der Waals surface area contributed by atoms with Crippen LogP contribution in [0.25, 0.3) is 6.08 Å². The number of ether oxygens (including phenoxy) is 1. The normalized spacial score (nSPS) is 11.2. The van der Waals surface area contributed by atoms with Crippen LogP contribution >= 0.6 is 0 Å². The maximum Gasteiger partial charge on any atom is 0.185 e. The van der Waals surface area contributed by atoms with Gasteiger partial charge in [0.05, 0.1) is 7.11 Å². The number of nitrogens with one attached hydrogen (secondary N) is 1. The molecule has 0 aliphatic rings. The average molecular weight is 338 g/mol. The molecule has 2 rings (SSSR count). The lowest BCUT2D eigenvalue weighted by molar-refractivity contribution is 0.104. The Morgan fingerprint density at radius 3 is 2.36 bits per heavy atom. The monoisotopic (exact) mass is 338 g/mol. The van der Waals surface area contributed by atoms with Crippen LogP contribution in [0.5, 0.6) is 5.75 Å². The topological polar surface area (TPSA) is 41.6 Å². The average Bonchev–Trinajstić information content (AvgIpc) is 2.64. The van der Waals surface area contributed by atoms with Crippen molar-refractivity contribution in [3.63, 3.8) is 0 Å². The Kier molecular flexibility index (Phi) is 7.38. The van der Waals surface area contributed by atoms with Gasteiger partial charge in [0.2, 0.25) is 0 Å². The van der Waals surface area contributed by atoms with Crippen molar-refractivity contribution in [1.29, 1.82) is 0 Å². The van der Waals surface area contributed by atoms with Gasteiger partial charge in [-0.3, -0.25) is 4.79 Å². The van der Waals surface area contributed by atoms with Crippen molar-refractivity contribution >= 4 is 11.9 Å². The molecule has 0 aromatic heterocycles. The SMILES string of the molecule is COc1ccc(C(=O)C=Cc2ccc(CNCCN(C)C)cc2)cc1. The van der Waals surface area contributed by atoms with Gasteiger partial charge in [0.1, 0.15) is 5.75 Å². The smallest absolute Gasteiger partial charge is 0.185 e. The largest absolute Gasteiger partial charge is 0.497 e. The van der Waals surface area contributed by atoms with Crippen LogP contribution in [0.4, 0.5) is 0 Å². The highest BCUT2D eigenvalue weighted by atomic mass is 16.5. The van der Waals surface area contributed by atoms with Gasteiger partial charge < -0.3 is 15.0 Å². The number of ketones is 1. The summed E-state index contributed by atoms with van der Waals surface area (Å²) in [5.41, 5.74) is 2.90. The van der Waals surface area contributed by atoms with Crippen LogP contribution in [0, 0.1) is 0 Å². The zero-order chi connectivity index (χ0) is 18.1. The number of likely N-dealkylation sites (N-methyl/N-ethyl adjacent to an activating group) is 1. The van der Waals surface area contributed by atoms with Crippen LogP contribution in [-0.4, -0.2) is 45.0 Å². The van der Waals surface area contributed by atoms with E-state index in [-0.39, 0.29) is 5.78 Å². The summed E-state index contributed by atoms with van der Waals surface area (Å²) in [6, 6.07) is 15.3. The molecule has 0 fully saturated rings. The Bertz CT molecular complexity index is 689. The zero-order valence-electron chi connectivity index (χ0n) is 15.2. The fourth-order valence-electron chi connectivity index (χ4n) is 2.31. The predicted molar refractivity (Wildman–Crippen MR) is 103 cm³/mol. The third-order valence-corrected chi connectivity index (χ3v) is 3.85. The van der Waals surface area contributed by atoms with E-state index in [1.807, 2.05) is 18.2 Å². The molecule has 4 nitrogen and oxygen atoms in total. The maximum absolute atomic E-state index is 12.2. The summed E-state index contributed by atoms with van der Waals surface area (Å²) in [4.78, 5) is 14.3. The third kappa shape index (κ3) is 6.53. The van der Waals surface area contributed by atoms with Crippen LogP contribution in [-0.2, 0) is 6.54 Å². The first-order valence-corrected chi connectivity index (χ1v) is 8.39. The quantitative estimate of drug-likeness (QED) is 0.433. The van der Waals surface area contributed by atoms with Gasteiger partial charge in [-0.15, -0.1) is 0 Å². The van der Waals surface area contributed by atoms with Gasteiger partial charge in [-0.1, -0.05) is 30.3 Å². The first-order valence-electron chi connectivity index (χ1n) is 8.39. The Balaban J connectivity index is 1.86. The second-order valence-electron chi connectivity index (χ2n) is 6.15. The minimum atomic E-state index is -0.0166. The number of methoxy groups -OCH3 is 1. The van der Waals surface area contributed by atoms with Crippen molar-refractivity contribution in [3.05, 3.63) is 71.3 Å². The molecule has 0 saturated carbocycles. The molecule has 0 bridgehead atoms. The van der Waals surface area contributed by atoms with Crippen LogP contribution in [0.15, 0.2) is 54.6 Å². The van der Waals surface area contributed by atoms with E-state index in [0.29, 0.717) is 5.56 Å². The molecule has 0 amide bonds. The molecule has 25 heavy (non-hydrogen) atoms. The van der Waals surface area contributed by atoms with E-state index in [9.17, 15) is 4.79 Å². The molecule has 2 aromatic rings. The summed E-state index contributed by atoms with van der Waals surface area (Å²) < 4.78 is 5.10. The van der Waals surface area contributed by atoms with E-state index in [4.69, 9.17) is 4.74 Å². The molecule has 0 aliphatic heterocycles. The minimum Gasteiger partial charge on any atom is -0.497 e. The number of carbonyl (C=O) groups is 1. The Labute approximate surface area is 150 Å². The number of hydrogen-bond acceptors (Lipinski definition) is 4. The Morgan fingerprint density at radius 2 is 1.76 bits per heavy atom. The molecule has 0 saturated heterocycles. The highest BCUT2D eigenvalue weighted by molar-refractivity contribution is 6.06. The number of carbonyl (C=O) groups excluding carboxylic acids is 1. The van der Waals surface area contributed by atoms with E-state index < -0.39 is 0 Å². The summed E-state index contributed by atoms with van der Waals surface area (Å²) in [6.45, 7) is 2.84. The summed E-state index contributed by atoms with van der Waals surface area (Å²) in [7, 11) is 5.74. The van der Waals surface area contributed by atoms with Gasteiger partial charge in [-0.2, -0.15) is 0 Å². The fraction of sp³-hybridized carbons (Fsp3) is 0.286. The van der Waals surface area contributed by atoms with Gasteiger partial charge in [0, 0.05) is 25.2 Å². The Hall–Kier alpha value is -2.43. The molecule has 0 spiro atoms. The highest BCUT2D eigenvalue weighted by Crippen LogP contribution is 2.13. The van der Waals surface area contributed by atoms with Gasteiger partial charge in [-0.05, 0) is 55.6 Å². The molecular weight excluding hydrogens is 312 g/mol. The van der Waals surface area contributed by atoms with Crippen LogP contribution in [0.2, 0.25) is 0 Å². The predicted octanol–water partition coefficient (Wildman–Crippen LogP) is 3.24. The standard InChI is InChI=1S/C21H26N2O2/c1-23(2)15-14-22-16-18-6-4-17(5-7-18)8-13-21(24)19-9-11-20(25-3)12-10-19/h4-13,22H,14-16H2,1-3H3. The number of allylic oxidation sites excluding steroid dienone is 1. The zero-order valence-corrected chi connectivity index (χ0v) is 15.2. The molecule has 1 N–H and O–H groups in total. The second kappa shape index (κ2) is 9.77. The number of hydrogen-bond donors (Lipinski definition) is 1. The van der Waals surface area contributed by atoms with E-state index in [0.717, 1.165) is 30.9 Å². The van der Waals surface area contributed by atoms with Crippen molar-refractivity contribution in [1.82, 2.24) is 10.2 Å². The first kappa shape index (κ1) is 18.9. The molecule has 4 heteroatoms. The first-order chi connectivity index (χ1) is 12.1. The van der Waals surface area contributed by atoms with Gasteiger partial charge >= 0.3 is 0 Å². The summed E-state index contributed by atoms with van der Waals surface area (Å²) in [6.07, 6.45) is 3.45. The van der Waals surface area contributed by atoms with Crippen molar-refractivity contribution in [2.24, 2.45) is 0 Å². The maximum atomic E-state index is 12.2. The van der Waals surface area contributed by atoms with Crippen LogP contribution in [0.1, 0.15) is 21.5 Å². The number of rotatable bonds is 9. The molecule has 132 valence electrons. The minimum absolute atomic E-state index is 0.0166. The van der Waals surface area contributed by atoms with E-state index in [2.05, 4.69) is 36.4 Å². The van der Waals surface area contributed by atoms with Crippen molar-refractivity contribution in [2.45, 2.75) is 6.54 Å². The number of nitrogens with zero attached hydrogens (tertiary/aromatic N) is 1. The van der Waals surface area contributed by atoms with Crippen LogP contribution in [0.3, 0.4) is 0 Å². The molecular formula is C21H26N2O2. The Morgan fingerprint density at radius 1 is 1.08 bits per heavy atom. The van der Waals surface area contributed by atoms with E-state index in [1.165, 1.54) is 5.56 Å². The fourth-order valence-corrected chi connectivity index (χ4v) is 2.31. The van der Waals surface area contributed by atoms with Gasteiger partial charge in [0.25, 0.3) is 0 Å². The van der Waals surface area contributed by atoms with Gasteiger partial charge in [0.15, 0.2) is 5.78 Å². The van der Waals surface area contributed by atoms with E-state index in [1.54, 1.807) is 37.5 Å². The lowest BCUT2D eigenvalue weighted by Gasteiger charge is -2.10. The lowest BCUT2D eigenvalue weighted by atomic mass is 10.1. The molecule has 0 radical (unpaired) electrons. The third-order valence-electron chi connectivity index (χ3n) is 3.85. The van der Waals surface area contributed by atoms with Crippen molar-refractivity contribution < 1.29 is 9.53 Å².